The van der Waals surface area contributed by atoms with Crippen molar-refractivity contribution in [3.63, 3.8) is 0 Å². The minimum absolute atomic E-state index is 0.267. The van der Waals surface area contributed by atoms with Crippen LogP contribution in [0.4, 0.5) is 0 Å². The summed E-state index contributed by atoms with van der Waals surface area (Å²) in [5, 5.41) is 0. The minimum Gasteiger partial charge on any atom is -0.493 e. The van der Waals surface area contributed by atoms with Crippen LogP contribution in [0.2, 0.25) is 0 Å². The maximum Gasteiger partial charge on any atom is 0.308 e. The molecular formula is C20H20O6. The topological polar surface area (TPSA) is 71.1 Å². The molecule has 0 N–H and O–H groups in total. The summed E-state index contributed by atoms with van der Waals surface area (Å²) >= 11 is 0. The summed E-state index contributed by atoms with van der Waals surface area (Å²) in [6.45, 7) is 2.70. The summed E-state index contributed by atoms with van der Waals surface area (Å²) in [4.78, 5) is 22.7. The SMILES string of the molecule is COc1cc2c(cc1OC(C)=O)O[C@H](c1ccccc1OC(C)=O)CC2. The number of ether oxygens (including phenoxy) is 4. The maximum atomic E-state index is 11.3. The first-order chi connectivity index (χ1) is 12.5. The molecular weight excluding hydrogens is 336 g/mol. The number of para-hydroxylation sites is 1. The summed E-state index contributed by atoms with van der Waals surface area (Å²) in [6, 6.07) is 10.8. The van der Waals surface area contributed by atoms with Gasteiger partial charge in [0.05, 0.1) is 7.11 Å². The Morgan fingerprint density at radius 2 is 1.69 bits per heavy atom. The van der Waals surface area contributed by atoms with Crippen LogP contribution in [0.1, 0.15) is 37.5 Å². The van der Waals surface area contributed by atoms with E-state index in [1.807, 2.05) is 24.3 Å². The normalized spacial score (nSPS) is 15.4. The lowest BCUT2D eigenvalue weighted by Gasteiger charge is -2.28. The molecule has 0 unspecified atom stereocenters. The third-order valence-electron chi connectivity index (χ3n) is 4.07. The Balaban J connectivity index is 1.92. The molecule has 0 amide bonds. The molecule has 6 nitrogen and oxygen atoms in total. The number of hydrogen-bond acceptors (Lipinski definition) is 6. The Morgan fingerprint density at radius 3 is 2.38 bits per heavy atom. The lowest BCUT2D eigenvalue weighted by molar-refractivity contribution is -0.132. The summed E-state index contributed by atoms with van der Waals surface area (Å²) < 4.78 is 21.9. The number of carbonyl (C=O) groups is 2. The smallest absolute Gasteiger partial charge is 0.308 e. The molecule has 2 aromatic rings. The molecule has 0 fully saturated rings. The van der Waals surface area contributed by atoms with E-state index >= 15 is 0 Å². The zero-order valence-electron chi connectivity index (χ0n) is 14.9. The number of methoxy groups -OCH3 is 1. The van der Waals surface area contributed by atoms with Crippen molar-refractivity contribution < 1.29 is 28.5 Å². The lowest BCUT2D eigenvalue weighted by Crippen LogP contribution is -2.17. The van der Waals surface area contributed by atoms with E-state index in [9.17, 15) is 9.59 Å². The van der Waals surface area contributed by atoms with E-state index < -0.39 is 5.97 Å². The van der Waals surface area contributed by atoms with E-state index in [4.69, 9.17) is 18.9 Å². The van der Waals surface area contributed by atoms with Crippen LogP contribution < -0.4 is 18.9 Å². The summed E-state index contributed by atoms with van der Waals surface area (Å²) in [5.41, 5.74) is 1.78. The van der Waals surface area contributed by atoms with E-state index in [2.05, 4.69) is 0 Å². The van der Waals surface area contributed by atoms with Gasteiger partial charge in [0.2, 0.25) is 0 Å². The highest BCUT2D eigenvalue weighted by atomic mass is 16.6. The zero-order valence-corrected chi connectivity index (χ0v) is 14.9. The predicted molar refractivity (Wildman–Crippen MR) is 93.7 cm³/mol. The van der Waals surface area contributed by atoms with Gasteiger partial charge >= 0.3 is 11.9 Å². The Bertz CT molecular complexity index is 842. The number of hydrogen-bond donors (Lipinski definition) is 0. The molecule has 0 bridgehead atoms. The number of rotatable bonds is 4. The second-order valence-corrected chi connectivity index (χ2v) is 5.98. The molecule has 0 spiro atoms. The molecule has 0 saturated heterocycles. The first-order valence-electron chi connectivity index (χ1n) is 8.31. The molecule has 0 radical (unpaired) electrons. The van der Waals surface area contributed by atoms with Gasteiger partial charge in [-0.1, -0.05) is 18.2 Å². The number of aryl methyl sites for hydroxylation is 1. The van der Waals surface area contributed by atoms with Gasteiger partial charge in [-0.3, -0.25) is 9.59 Å². The molecule has 6 heteroatoms. The van der Waals surface area contributed by atoms with Crippen molar-refractivity contribution in [1.29, 1.82) is 0 Å². The van der Waals surface area contributed by atoms with Gasteiger partial charge in [0.15, 0.2) is 11.5 Å². The van der Waals surface area contributed by atoms with Crippen LogP contribution in [-0.2, 0) is 16.0 Å². The Kier molecular flexibility index (Phi) is 5.11. The van der Waals surface area contributed by atoms with Crippen LogP contribution in [0.25, 0.3) is 0 Å². The fourth-order valence-electron chi connectivity index (χ4n) is 2.99. The average Bonchev–Trinajstić information content (AvgIpc) is 2.60. The maximum absolute atomic E-state index is 11.3. The first kappa shape index (κ1) is 17.8. The number of benzene rings is 2. The molecule has 0 aliphatic carbocycles. The van der Waals surface area contributed by atoms with Crippen LogP contribution >= 0.6 is 0 Å². The third-order valence-corrected chi connectivity index (χ3v) is 4.07. The van der Waals surface area contributed by atoms with E-state index in [1.165, 1.54) is 21.0 Å². The number of carbonyl (C=O) groups excluding carboxylic acids is 2. The van der Waals surface area contributed by atoms with Crippen molar-refractivity contribution in [2.24, 2.45) is 0 Å². The van der Waals surface area contributed by atoms with E-state index in [-0.39, 0.29) is 12.1 Å². The van der Waals surface area contributed by atoms with Crippen LogP contribution in [-0.4, -0.2) is 19.0 Å². The van der Waals surface area contributed by atoms with E-state index in [0.29, 0.717) is 23.0 Å². The molecule has 136 valence electrons. The summed E-state index contributed by atoms with van der Waals surface area (Å²) in [5.74, 6) is 1.10. The van der Waals surface area contributed by atoms with Crippen molar-refractivity contribution in [1.82, 2.24) is 0 Å². The second kappa shape index (κ2) is 7.47. The molecule has 1 aliphatic heterocycles. The monoisotopic (exact) mass is 356 g/mol. The summed E-state index contributed by atoms with van der Waals surface area (Å²) in [7, 11) is 1.52. The summed E-state index contributed by atoms with van der Waals surface area (Å²) in [6.07, 6.45) is 1.21. The van der Waals surface area contributed by atoms with Gasteiger partial charge in [0.25, 0.3) is 0 Å². The number of esters is 2. The van der Waals surface area contributed by atoms with Crippen LogP contribution in [0.3, 0.4) is 0 Å². The standard InChI is InChI=1S/C20H20O6/c1-12(21)24-16-7-5-4-6-15(16)17-9-8-14-10-19(23-3)20(25-13(2)22)11-18(14)26-17/h4-7,10-11,17H,8-9H2,1-3H3/t17-/m0/s1. The highest BCUT2D eigenvalue weighted by Crippen LogP contribution is 2.43. The molecule has 3 rings (SSSR count). The molecule has 1 heterocycles. The van der Waals surface area contributed by atoms with E-state index in [1.54, 1.807) is 12.1 Å². The predicted octanol–water partition coefficient (Wildman–Crippen LogP) is 3.61. The molecule has 2 aromatic carbocycles. The molecule has 0 saturated carbocycles. The van der Waals surface area contributed by atoms with Gasteiger partial charge in [0, 0.05) is 25.5 Å². The largest absolute Gasteiger partial charge is 0.493 e. The fraction of sp³-hybridized carbons (Fsp3) is 0.300. The van der Waals surface area contributed by atoms with E-state index in [0.717, 1.165) is 24.0 Å². The van der Waals surface area contributed by atoms with Crippen molar-refractivity contribution in [2.75, 3.05) is 7.11 Å². The van der Waals surface area contributed by atoms with Crippen molar-refractivity contribution in [3.05, 3.63) is 47.5 Å². The molecule has 1 atom stereocenters. The lowest BCUT2D eigenvalue weighted by atomic mass is 9.96. The highest BCUT2D eigenvalue weighted by molar-refractivity contribution is 5.71. The highest BCUT2D eigenvalue weighted by Gasteiger charge is 2.26. The van der Waals surface area contributed by atoms with Crippen molar-refractivity contribution in [3.8, 4) is 23.0 Å². The van der Waals surface area contributed by atoms with Gasteiger partial charge in [0.1, 0.15) is 17.6 Å². The molecule has 26 heavy (non-hydrogen) atoms. The Morgan fingerprint density at radius 1 is 1.00 bits per heavy atom. The Labute approximate surface area is 151 Å². The zero-order chi connectivity index (χ0) is 18.7. The number of fused-ring (bicyclic) bond motifs is 1. The minimum atomic E-state index is -0.434. The Hall–Kier alpha value is -3.02. The van der Waals surface area contributed by atoms with Gasteiger partial charge in [-0.05, 0) is 30.5 Å². The first-order valence-corrected chi connectivity index (χ1v) is 8.31. The van der Waals surface area contributed by atoms with Gasteiger partial charge in [-0.15, -0.1) is 0 Å². The van der Waals surface area contributed by atoms with Crippen LogP contribution in [0.5, 0.6) is 23.0 Å². The molecule has 0 aromatic heterocycles. The van der Waals surface area contributed by atoms with Crippen molar-refractivity contribution >= 4 is 11.9 Å². The van der Waals surface area contributed by atoms with Crippen molar-refractivity contribution in [2.45, 2.75) is 32.8 Å². The van der Waals surface area contributed by atoms with Gasteiger partial charge in [-0.2, -0.15) is 0 Å². The third kappa shape index (κ3) is 3.79. The van der Waals surface area contributed by atoms with Gasteiger partial charge in [-0.25, -0.2) is 0 Å². The molecule has 1 aliphatic rings. The average molecular weight is 356 g/mol. The van der Waals surface area contributed by atoms with Crippen LogP contribution in [0, 0.1) is 0 Å². The second-order valence-electron chi connectivity index (χ2n) is 5.98. The quantitative estimate of drug-likeness (QED) is 0.616. The van der Waals surface area contributed by atoms with Crippen LogP contribution in [0.15, 0.2) is 36.4 Å². The fourth-order valence-corrected chi connectivity index (χ4v) is 2.99. The van der Waals surface area contributed by atoms with Gasteiger partial charge < -0.3 is 18.9 Å².